The summed E-state index contributed by atoms with van der Waals surface area (Å²) < 4.78 is 31.0. The highest BCUT2D eigenvalue weighted by atomic mass is 32.2. The van der Waals surface area contributed by atoms with Gasteiger partial charge in [0, 0.05) is 31.4 Å². The molecule has 168 valence electrons. The molecular formula is C25H28N2O4S. The molecule has 4 rings (SSSR count). The molecule has 0 unspecified atom stereocenters. The minimum Gasteiger partial charge on any atom is -0.455 e. The molecule has 0 bridgehead atoms. The van der Waals surface area contributed by atoms with E-state index in [0.29, 0.717) is 13.1 Å². The summed E-state index contributed by atoms with van der Waals surface area (Å²) in [6.45, 7) is 7.96. The highest BCUT2D eigenvalue weighted by Crippen LogP contribution is 2.24. The summed E-state index contributed by atoms with van der Waals surface area (Å²) in [4.78, 5) is 17.3. The van der Waals surface area contributed by atoms with Crippen molar-refractivity contribution in [2.24, 2.45) is 0 Å². The number of sulfone groups is 1. The Morgan fingerprint density at radius 3 is 2.44 bits per heavy atom. The monoisotopic (exact) mass is 452 g/mol. The van der Waals surface area contributed by atoms with E-state index in [4.69, 9.17) is 4.42 Å². The number of rotatable bonds is 5. The summed E-state index contributed by atoms with van der Waals surface area (Å²) >= 11 is 0. The SMILES string of the molecule is Cc1ccc(S(=O)(=O)Cc2ccc(C(=O)N3CCN(c4cccc(C)c4)[C@@H](C)C3)o2)cc1. The van der Waals surface area contributed by atoms with Crippen molar-refractivity contribution < 1.29 is 17.6 Å². The van der Waals surface area contributed by atoms with Crippen molar-refractivity contribution in [3.8, 4) is 0 Å². The van der Waals surface area contributed by atoms with Crippen molar-refractivity contribution in [2.45, 2.75) is 37.5 Å². The molecule has 1 aromatic heterocycles. The van der Waals surface area contributed by atoms with Gasteiger partial charge in [0.2, 0.25) is 0 Å². The molecule has 1 saturated heterocycles. The third-order valence-corrected chi connectivity index (χ3v) is 7.49. The van der Waals surface area contributed by atoms with E-state index in [1.165, 1.54) is 5.56 Å². The molecule has 7 heteroatoms. The van der Waals surface area contributed by atoms with Crippen LogP contribution in [0.4, 0.5) is 5.69 Å². The first kappa shape index (κ1) is 22.1. The van der Waals surface area contributed by atoms with Crippen LogP contribution in [0.3, 0.4) is 0 Å². The summed E-state index contributed by atoms with van der Waals surface area (Å²) in [6, 6.07) is 18.4. The van der Waals surface area contributed by atoms with E-state index in [2.05, 4.69) is 36.9 Å². The highest BCUT2D eigenvalue weighted by molar-refractivity contribution is 7.90. The average Bonchev–Trinajstić information content (AvgIpc) is 3.21. The molecule has 0 N–H and O–H groups in total. The zero-order valence-corrected chi connectivity index (χ0v) is 19.4. The molecule has 6 nitrogen and oxygen atoms in total. The van der Waals surface area contributed by atoms with Crippen LogP contribution in [0.15, 0.2) is 70.0 Å². The van der Waals surface area contributed by atoms with Crippen LogP contribution in [-0.2, 0) is 15.6 Å². The van der Waals surface area contributed by atoms with Crippen LogP contribution in [-0.4, -0.2) is 44.9 Å². The third kappa shape index (κ3) is 4.72. The summed E-state index contributed by atoms with van der Waals surface area (Å²) in [5.41, 5.74) is 3.36. The van der Waals surface area contributed by atoms with Crippen LogP contribution in [0.5, 0.6) is 0 Å². The average molecular weight is 453 g/mol. The summed E-state index contributed by atoms with van der Waals surface area (Å²) in [7, 11) is -3.54. The molecule has 1 atom stereocenters. The van der Waals surface area contributed by atoms with Gasteiger partial charge in [0.05, 0.1) is 4.90 Å². The molecule has 0 saturated carbocycles. The zero-order chi connectivity index (χ0) is 22.9. The second kappa shape index (κ2) is 8.82. The fraction of sp³-hybridized carbons (Fsp3) is 0.320. The molecule has 0 radical (unpaired) electrons. The number of hydrogen-bond acceptors (Lipinski definition) is 5. The Morgan fingerprint density at radius 1 is 1.00 bits per heavy atom. The van der Waals surface area contributed by atoms with E-state index in [9.17, 15) is 13.2 Å². The van der Waals surface area contributed by atoms with Gasteiger partial charge >= 0.3 is 0 Å². The number of benzene rings is 2. The molecule has 1 fully saturated rings. The number of nitrogens with zero attached hydrogens (tertiary/aromatic N) is 2. The van der Waals surface area contributed by atoms with Crippen molar-refractivity contribution in [3.63, 3.8) is 0 Å². The van der Waals surface area contributed by atoms with Crippen molar-refractivity contribution in [3.05, 3.63) is 83.3 Å². The number of carbonyl (C=O) groups excluding carboxylic acids is 1. The van der Waals surface area contributed by atoms with Crippen LogP contribution in [0.25, 0.3) is 0 Å². The molecule has 0 aliphatic carbocycles. The van der Waals surface area contributed by atoms with Crippen LogP contribution >= 0.6 is 0 Å². The maximum atomic E-state index is 13.0. The van der Waals surface area contributed by atoms with Gasteiger partial charge in [-0.3, -0.25) is 4.79 Å². The van der Waals surface area contributed by atoms with Crippen LogP contribution in [0, 0.1) is 13.8 Å². The first-order valence-electron chi connectivity index (χ1n) is 10.7. The lowest BCUT2D eigenvalue weighted by Crippen LogP contribution is -2.53. The van der Waals surface area contributed by atoms with Crippen LogP contribution in [0.1, 0.15) is 34.4 Å². The van der Waals surface area contributed by atoms with E-state index < -0.39 is 9.84 Å². The molecule has 2 heterocycles. The zero-order valence-electron chi connectivity index (χ0n) is 18.6. The van der Waals surface area contributed by atoms with Gasteiger partial charge in [-0.2, -0.15) is 0 Å². The number of aryl methyl sites for hydroxylation is 2. The van der Waals surface area contributed by atoms with E-state index in [1.54, 1.807) is 41.3 Å². The quantitative estimate of drug-likeness (QED) is 0.580. The molecule has 1 amide bonds. The first-order chi connectivity index (χ1) is 15.2. The Balaban J connectivity index is 1.42. The van der Waals surface area contributed by atoms with E-state index in [-0.39, 0.29) is 34.1 Å². The van der Waals surface area contributed by atoms with Crippen LogP contribution < -0.4 is 4.90 Å². The van der Waals surface area contributed by atoms with Gasteiger partial charge in [0.1, 0.15) is 11.5 Å². The minimum absolute atomic E-state index is 0.158. The molecule has 2 aromatic carbocycles. The Morgan fingerprint density at radius 2 is 1.75 bits per heavy atom. The van der Waals surface area contributed by atoms with Gasteiger partial charge in [-0.1, -0.05) is 29.8 Å². The molecule has 1 aliphatic heterocycles. The smallest absolute Gasteiger partial charge is 0.289 e. The van der Waals surface area contributed by atoms with E-state index in [1.807, 2.05) is 13.0 Å². The highest BCUT2D eigenvalue weighted by Gasteiger charge is 2.29. The predicted octanol–water partition coefficient (Wildman–Crippen LogP) is 4.22. The fourth-order valence-electron chi connectivity index (χ4n) is 4.07. The molecule has 0 spiro atoms. The van der Waals surface area contributed by atoms with Crippen molar-refractivity contribution >= 4 is 21.4 Å². The second-order valence-corrected chi connectivity index (χ2v) is 10.5. The number of anilines is 1. The molecule has 32 heavy (non-hydrogen) atoms. The van der Waals surface area contributed by atoms with Gasteiger partial charge in [-0.25, -0.2) is 8.42 Å². The summed E-state index contributed by atoms with van der Waals surface area (Å²) in [6.07, 6.45) is 0. The first-order valence-corrected chi connectivity index (χ1v) is 12.4. The normalized spacial score (nSPS) is 16.9. The van der Waals surface area contributed by atoms with Gasteiger partial charge in [-0.15, -0.1) is 0 Å². The largest absolute Gasteiger partial charge is 0.455 e. The van der Waals surface area contributed by atoms with E-state index >= 15 is 0 Å². The third-order valence-electron chi connectivity index (χ3n) is 5.83. The molecular weight excluding hydrogens is 424 g/mol. The van der Waals surface area contributed by atoms with Crippen LogP contribution in [0.2, 0.25) is 0 Å². The van der Waals surface area contributed by atoms with Gasteiger partial charge in [0.25, 0.3) is 5.91 Å². The fourth-order valence-corrected chi connectivity index (χ4v) is 5.32. The van der Waals surface area contributed by atoms with Gasteiger partial charge < -0.3 is 14.2 Å². The number of furan rings is 1. The number of piperazine rings is 1. The maximum absolute atomic E-state index is 13.0. The van der Waals surface area contributed by atoms with Crippen molar-refractivity contribution in [1.29, 1.82) is 0 Å². The Labute approximate surface area is 189 Å². The Bertz CT molecular complexity index is 1210. The topological polar surface area (TPSA) is 70.8 Å². The summed E-state index contributed by atoms with van der Waals surface area (Å²) in [5.74, 6) is -0.0450. The second-order valence-electron chi connectivity index (χ2n) is 8.47. The lowest BCUT2D eigenvalue weighted by molar-refractivity contribution is 0.0692. The minimum atomic E-state index is -3.54. The number of amides is 1. The van der Waals surface area contributed by atoms with Gasteiger partial charge in [0.15, 0.2) is 15.6 Å². The number of hydrogen-bond donors (Lipinski definition) is 0. The van der Waals surface area contributed by atoms with E-state index in [0.717, 1.165) is 17.8 Å². The van der Waals surface area contributed by atoms with Gasteiger partial charge in [-0.05, 0) is 62.7 Å². The molecule has 1 aliphatic rings. The Kier molecular flexibility index (Phi) is 6.11. The number of carbonyl (C=O) groups is 1. The van der Waals surface area contributed by atoms with Crippen molar-refractivity contribution in [1.82, 2.24) is 4.90 Å². The lowest BCUT2D eigenvalue weighted by atomic mass is 10.1. The predicted molar refractivity (Wildman–Crippen MR) is 125 cm³/mol. The molecule has 3 aromatic rings. The Hall–Kier alpha value is -3.06. The standard InChI is InChI=1S/C25H28N2O4S/c1-18-7-10-23(11-8-18)32(29,30)17-22-9-12-24(31-22)25(28)26-13-14-27(20(3)16-26)21-6-4-5-19(2)15-21/h4-12,15,20H,13-14,16-17H2,1-3H3/t20-/m0/s1. The lowest BCUT2D eigenvalue weighted by Gasteiger charge is -2.41. The maximum Gasteiger partial charge on any atom is 0.289 e. The summed E-state index contributed by atoms with van der Waals surface area (Å²) in [5, 5.41) is 0. The van der Waals surface area contributed by atoms with Crippen molar-refractivity contribution in [2.75, 3.05) is 24.5 Å².